The van der Waals surface area contributed by atoms with Gasteiger partial charge >= 0.3 is 0 Å². The van der Waals surface area contributed by atoms with Gasteiger partial charge in [0.1, 0.15) is 6.61 Å². The molecule has 1 amide bonds. The number of ether oxygens (including phenoxy) is 1. The van der Waals surface area contributed by atoms with E-state index in [0.717, 1.165) is 5.57 Å². The van der Waals surface area contributed by atoms with Gasteiger partial charge in [0.05, 0.1) is 12.2 Å². The Kier molecular flexibility index (Phi) is 2.83. The molecule has 0 atom stereocenters. The number of rotatable bonds is 1. The summed E-state index contributed by atoms with van der Waals surface area (Å²) in [5.41, 5.74) is 1.01. The standard InChI is InChI=1S/C9H13NO3/c1-6-4-13-5-7(11)8(6)9(12)10(2)3/h4-5H2,1-3H3. The minimum Gasteiger partial charge on any atom is -0.369 e. The maximum atomic E-state index is 11.5. The summed E-state index contributed by atoms with van der Waals surface area (Å²) in [4.78, 5) is 24.2. The zero-order chi connectivity index (χ0) is 10.0. The first-order valence-electron chi connectivity index (χ1n) is 4.06. The number of carbonyl (C=O) groups is 2. The Morgan fingerprint density at radius 3 is 2.46 bits per heavy atom. The minimum atomic E-state index is -0.231. The van der Waals surface area contributed by atoms with Gasteiger partial charge in [-0.25, -0.2) is 0 Å². The minimum absolute atomic E-state index is 0.0201. The van der Waals surface area contributed by atoms with Crippen LogP contribution in [0, 0.1) is 0 Å². The molecule has 0 N–H and O–H groups in total. The largest absolute Gasteiger partial charge is 0.369 e. The van der Waals surface area contributed by atoms with Crippen molar-refractivity contribution in [3.63, 3.8) is 0 Å². The molecular weight excluding hydrogens is 170 g/mol. The molecule has 1 heterocycles. The van der Waals surface area contributed by atoms with Gasteiger partial charge in [-0.2, -0.15) is 0 Å². The smallest absolute Gasteiger partial charge is 0.257 e. The summed E-state index contributed by atoms with van der Waals surface area (Å²) in [5.74, 6) is -0.451. The van der Waals surface area contributed by atoms with Crippen LogP contribution in [0.4, 0.5) is 0 Å². The summed E-state index contributed by atoms with van der Waals surface area (Å²) >= 11 is 0. The molecular formula is C9H13NO3. The number of ketones is 1. The summed E-state index contributed by atoms with van der Waals surface area (Å²) in [6.07, 6.45) is 0. The lowest BCUT2D eigenvalue weighted by Crippen LogP contribution is -2.33. The third kappa shape index (κ3) is 1.95. The van der Waals surface area contributed by atoms with E-state index in [-0.39, 0.29) is 23.9 Å². The maximum Gasteiger partial charge on any atom is 0.257 e. The normalized spacial score (nSPS) is 17.6. The number of nitrogens with zero attached hydrogens (tertiary/aromatic N) is 1. The Balaban J connectivity index is 2.98. The molecule has 0 saturated carbocycles. The van der Waals surface area contributed by atoms with Gasteiger partial charge in [0.25, 0.3) is 5.91 Å². The van der Waals surface area contributed by atoms with Crippen LogP contribution in [-0.4, -0.2) is 43.9 Å². The van der Waals surface area contributed by atoms with Crippen LogP contribution in [0.2, 0.25) is 0 Å². The lowest BCUT2D eigenvalue weighted by molar-refractivity contribution is -0.130. The lowest BCUT2D eigenvalue weighted by atomic mass is 10.0. The molecule has 0 aliphatic carbocycles. The molecule has 4 heteroatoms. The maximum absolute atomic E-state index is 11.5. The number of Topliss-reactive ketones (excluding diaryl/α,β-unsaturated/α-hetero) is 1. The zero-order valence-corrected chi connectivity index (χ0v) is 8.09. The number of amides is 1. The van der Waals surface area contributed by atoms with Crippen molar-refractivity contribution in [2.24, 2.45) is 0 Å². The highest BCUT2D eigenvalue weighted by atomic mass is 16.5. The van der Waals surface area contributed by atoms with Gasteiger partial charge in [-0.15, -0.1) is 0 Å². The molecule has 4 nitrogen and oxygen atoms in total. The number of carbonyl (C=O) groups excluding carboxylic acids is 2. The van der Waals surface area contributed by atoms with Crippen molar-refractivity contribution in [2.75, 3.05) is 27.3 Å². The van der Waals surface area contributed by atoms with Crippen LogP contribution >= 0.6 is 0 Å². The second-order valence-electron chi connectivity index (χ2n) is 3.27. The molecule has 1 aliphatic rings. The van der Waals surface area contributed by atoms with Gasteiger partial charge in [0.15, 0.2) is 5.78 Å². The third-order valence-electron chi connectivity index (χ3n) is 1.88. The summed E-state index contributed by atoms with van der Waals surface area (Å²) in [5, 5.41) is 0. The van der Waals surface area contributed by atoms with Crippen molar-refractivity contribution >= 4 is 11.7 Å². The van der Waals surface area contributed by atoms with Gasteiger partial charge < -0.3 is 9.64 Å². The van der Waals surface area contributed by atoms with Crippen LogP contribution in [0.15, 0.2) is 11.1 Å². The van der Waals surface area contributed by atoms with Crippen LogP contribution in [0.1, 0.15) is 6.92 Å². The Hall–Kier alpha value is -1.16. The predicted octanol–water partition coefficient (Wildman–Crippen LogP) is -0.00960. The summed E-state index contributed by atoms with van der Waals surface area (Å²) in [6.45, 7) is 2.14. The van der Waals surface area contributed by atoms with Gasteiger partial charge in [0, 0.05) is 14.1 Å². The van der Waals surface area contributed by atoms with E-state index in [2.05, 4.69) is 0 Å². The van der Waals surface area contributed by atoms with E-state index in [1.165, 1.54) is 4.90 Å². The highest BCUT2D eigenvalue weighted by molar-refractivity contribution is 6.20. The predicted molar refractivity (Wildman–Crippen MR) is 47.2 cm³/mol. The van der Waals surface area contributed by atoms with Gasteiger partial charge in [-0.3, -0.25) is 9.59 Å². The van der Waals surface area contributed by atoms with Crippen LogP contribution in [0.3, 0.4) is 0 Å². The molecule has 1 aliphatic heterocycles. The van der Waals surface area contributed by atoms with Gasteiger partial charge in [0.2, 0.25) is 0 Å². The zero-order valence-electron chi connectivity index (χ0n) is 8.09. The molecule has 72 valence electrons. The van der Waals surface area contributed by atoms with Crippen molar-refractivity contribution in [1.29, 1.82) is 0 Å². The number of hydrogen-bond acceptors (Lipinski definition) is 3. The first-order valence-corrected chi connectivity index (χ1v) is 4.06. The van der Waals surface area contributed by atoms with E-state index in [9.17, 15) is 9.59 Å². The first kappa shape index (κ1) is 9.92. The molecule has 0 aromatic heterocycles. The fourth-order valence-corrected chi connectivity index (χ4v) is 1.20. The van der Waals surface area contributed by atoms with Crippen LogP contribution in [0.25, 0.3) is 0 Å². The van der Waals surface area contributed by atoms with E-state index in [4.69, 9.17) is 4.74 Å². The van der Waals surface area contributed by atoms with Crippen molar-refractivity contribution in [3.05, 3.63) is 11.1 Å². The number of hydrogen-bond donors (Lipinski definition) is 0. The summed E-state index contributed by atoms with van der Waals surface area (Å²) in [7, 11) is 3.26. The second kappa shape index (κ2) is 3.70. The highest BCUT2D eigenvalue weighted by Gasteiger charge is 2.25. The Morgan fingerprint density at radius 1 is 1.38 bits per heavy atom. The SMILES string of the molecule is CC1=C(C(=O)N(C)C)C(=O)COC1. The monoisotopic (exact) mass is 183 g/mol. The average molecular weight is 183 g/mol. The fourth-order valence-electron chi connectivity index (χ4n) is 1.20. The molecule has 0 bridgehead atoms. The first-order chi connectivity index (χ1) is 6.04. The quantitative estimate of drug-likeness (QED) is 0.537. The molecule has 1 rings (SSSR count). The lowest BCUT2D eigenvalue weighted by Gasteiger charge is -2.19. The summed E-state index contributed by atoms with van der Waals surface area (Å²) < 4.78 is 4.98. The van der Waals surface area contributed by atoms with Crippen molar-refractivity contribution in [2.45, 2.75) is 6.92 Å². The molecule has 0 unspecified atom stereocenters. The molecule has 13 heavy (non-hydrogen) atoms. The van der Waals surface area contributed by atoms with E-state index >= 15 is 0 Å². The fraction of sp³-hybridized carbons (Fsp3) is 0.556. The van der Waals surface area contributed by atoms with Crippen LogP contribution < -0.4 is 0 Å². The van der Waals surface area contributed by atoms with Gasteiger partial charge in [-0.1, -0.05) is 0 Å². The molecule has 0 saturated heterocycles. The van der Waals surface area contributed by atoms with Crippen molar-refractivity contribution < 1.29 is 14.3 Å². The molecule has 0 aromatic rings. The van der Waals surface area contributed by atoms with E-state index in [1.54, 1.807) is 21.0 Å². The molecule has 0 aromatic carbocycles. The second-order valence-corrected chi connectivity index (χ2v) is 3.27. The van der Waals surface area contributed by atoms with E-state index < -0.39 is 0 Å². The van der Waals surface area contributed by atoms with Crippen molar-refractivity contribution in [3.8, 4) is 0 Å². The summed E-state index contributed by atoms with van der Waals surface area (Å²) in [6, 6.07) is 0. The highest BCUT2D eigenvalue weighted by Crippen LogP contribution is 2.13. The van der Waals surface area contributed by atoms with Crippen LogP contribution in [-0.2, 0) is 14.3 Å². The number of likely N-dealkylation sites (N-methyl/N-ethyl adjacent to an activating group) is 1. The average Bonchev–Trinajstić information content (AvgIpc) is 2.03. The third-order valence-corrected chi connectivity index (χ3v) is 1.88. The topological polar surface area (TPSA) is 46.6 Å². The van der Waals surface area contributed by atoms with Crippen molar-refractivity contribution in [1.82, 2.24) is 4.90 Å². The van der Waals surface area contributed by atoms with E-state index in [0.29, 0.717) is 6.61 Å². The molecule has 0 spiro atoms. The molecule has 0 fully saturated rings. The van der Waals surface area contributed by atoms with Gasteiger partial charge in [-0.05, 0) is 12.5 Å². The molecule has 0 radical (unpaired) electrons. The van der Waals surface area contributed by atoms with E-state index in [1.807, 2.05) is 0 Å². The Morgan fingerprint density at radius 2 is 2.00 bits per heavy atom. The Labute approximate surface area is 77.2 Å². The van der Waals surface area contributed by atoms with Crippen LogP contribution in [0.5, 0.6) is 0 Å². The Bertz CT molecular complexity index is 279.